The SMILES string of the molecule is CC(O)CCN(C)C(=O)c1sc2cc(Br)ccc2c1N. The van der Waals surface area contributed by atoms with E-state index in [1.54, 1.807) is 18.9 Å². The molecule has 0 saturated carbocycles. The summed E-state index contributed by atoms with van der Waals surface area (Å²) in [5.74, 6) is -0.0968. The molecule has 0 bridgehead atoms. The highest BCUT2D eigenvalue weighted by Crippen LogP contribution is 2.35. The number of halogens is 1. The molecule has 0 spiro atoms. The van der Waals surface area contributed by atoms with Crippen LogP contribution in [0.5, 0.6) is 0 Å². The molecule has 1 heterocycles. The van der Waals surface area contributed by atoms with Crippen molar-refractivity contribution in [3.63, 3.8) is 0 Å². The normalized spacial score (nSPS) is 12.6. The number of nitrogens with two attached hydrogens (primary N) is 1. The van der Waals surface area contributed by atoms with Gasteiger partial charge in [0.2, 0.25) is 0 Å². The number of rotatable bonds is 4. The van der Waals surface area contributed by atoms with Gasteiger partial charge in [0.1, 0.15) is 4.88 Å². The van der Waals surface area contributed by atoms with E-state index < -0.39 is 6.10 Å². The molecule has 4 nitrogen and oxygen atoms in total. The van der Waals surface area contributed by atoms with Gasteiger partial charge < -0.3 is 15.7 Å². The molecular formula is C14H17BrN2O2S. The zero-order valence-corrected chi connectivity index (χ0v) is 13.8. The summed E-state index contributed by atoms with van der Waals surface area (Å²) in [6.07, 6.45) is 0.138. The smallest absolute Gasteiger partial charge is 0.265 e. The number of fused-ring (bicyclic) bond motifs is 1. The lowest BCUT2D eigenvalue weighted by molar-refractivity contribution is 0.0774. The Labute approximate surface area is 130 Å². The van der Waals surface area contributed by atoms with Gasteiger partial charge in [0.05, 0.1) is 11.8 Å². The first kappa shape index (κ1) is 15.3. The fourth-order valence-electron chi connectivity index (χ4n) is 1.90. The average molecular weight is 357 g/mol. The van der Waals surface area contributed by atoms with Crippen LogP contribution >= 0.6 is 27.3 Å². The molecule has 0 radical (unpaired) electrons. The molecule has 1 aromatic heterocycles. The maximum atomic E-state index is 12.4. The molecule has 2 aromatic rings. The Morgan fingerprint density at radius 3 is 2.90 bits per heavy atom. The van der Waals surface area contributed by atoms with Gasteiger partial charge in [0.25, 0.3) is 5.91 Å². The maximum absolute atomic E-state index is 12.4. The van der Waals surface area contributed by atoms with Gasteiger partial charge in [-0.1, -0.05) is 22.0 Å². The third-order valence-corrected chi connectivity index (χ3v) is 4.76. The van der Waals surface area contributed by atoms with Gasteiger partial charge in [-0.05, 0) is 25.5 Å². The summed E-state index contributed by atoms with van der Waals surface area (Å²) in [6.45, 7) is 2.22. The van der Waals surface area contributed by atoms with E-state index in [0.29, 0.717) is 23.5 Å². The zero-order valence-electron chi connectivity index (χ0n) is 11.4. The number of thiophene rings is 1. The second kappa shape index (κ2) is 6.11. The highest BCUT2D eigenvalue weighted by molar-refractivity contribution is 9.10. The van der Waals surface area contributed by atoms with Crippen LogP contribution in [0.3, 0.4) is 0 Å². The number of aliphatic hydroxyl groups excluding tert-OH is 1. The van der Waals surface area contributed by atoms with E-state index in [9.17, 15) is 9.90 Å². The minimum atomic E-state index is -0.416. The van der Waals surface area contributed by atoms with Crippen molar-refractivity contribution in [2.24, 2.45) is 0 Å². The largest absolute Gasteiger partial charge is 0.397 e. The Morgan fingerprint density at radius 1 is 1.55 bits per heavy atom. The van der Waals surface area contributed by atoms with Crippen LogP contribution in [0.15, 0.2) is 22.7 Å². The first-order valence-corrected chi connectivity index (χ1v) is 7.92. The van der Waals surface area contributed by atoms with Crippen molar-refractivity contribution >= 4 is 48.9 Å². The van der Waals surface area contributed by atoms with Crippen LogP contribution in [-0.2, 0) is 0 Å². The molecule has 0 aliphatic rings. The lowest BCUT2D eigenvalue weighted by Crippen LogP contribution is -2.29. The second-order valence-corrected chi connectivity index (χ2v) is 6.82. The van der Waals surface area contributed by atoms with E-state index in [2.05, 4.69) is 15.9 Å². The summed E-state index contributed by atoms with van der Waals surface area (Å²) in [5.41, 5.74) is 6.62. The molecule has 108 valence electrons. The van der Waals surface area contributed by atoms with Crippen LogP contribution in [0.25, 0.3) is 10.1 Å². The minimum Gasteiger partial charge on any atom is -0.397 e. The Bertz CT molecular complexity index is 639. The zero-order chi connectivity index (χ0) is 14.9. The molecule has 1 unspecified atom stereocenters. The quantitative estimate of drug-likeness (QED) is 0.884. The third-order valence-electron chi connectivity index (χ3n) is 3.11. The van der Waals surface area contributed by atoms with Gasteiger partial charge in [0.15, 0.2) is 0 Å². The Balaban J connectivity index is 2.28. The van der Waals surface area contributed by atoms with Gasteiger partial charge >= 0.3 is 0 Å². The van der Waals surface area contributed by atoms with Crippen molar-refractivity contribution in [1.82, 2.24) is 4.90 Å². The number of hydrogen-bond donors (Lipinski definition) is 2. The summed E-state index contributed by atoms with van der Waals surface area (Å²) < 4.78 is 1.96. The molecule has 20 heavy (non-hydrogen) atoms. The van der Waals surface area contributed by atoms with Crippen molar-refractivity contribution in [3.05, 3.63) is 27.5 Å². The first-order valence-electron chi connectivity index (χ1n) is 6.31. The second-order valence-electron chi connectivity index (χ2n) is 4.85. The van der Waals surface area contributed by atoms with Crippen molar-refractivity contribution in [3.8, 4) is 0 Å². The maximum Gasteiger partial charge on any atom is 0.265 e. The van der Waals surface area contributed by atoms with E-state index in [1.165, 1.54) is 11.3 Å². The number of hydrogen-bond acceptors (Lipinski definition) is 4. The molecule has 0 aliphatic carbocycles. The summed E-state index contributed by atoms with van der Waals surface area (Å²) in [5, 5.41) is 10.2. The van der Waals surface area contributed by atoms with Crippen LogP contribution in [0.2, 0.25) is 0 Å². The topological polar surface area (TPSA) is 66.6 Å². The molecule has 6 heteroatoms. The molecule has 0 fully saturated rings. The van der Waals surface area contributed by atoms with Crippen molar-refractivity contribution < 1.29 is 9.90 Å². The number of nitrogen functional groups attached to an aromatic ring is 1. The fraction of sp³-hybridized carbons (Fsp3) is 0.357. The van der Waals surface area contributed by atoms with E-state index in [0.717, 1.165) is 14.6 Å². The molecule has 3 N–H and O–H groups in total. The monoisotopic (exact) mass is 356 g/mol. The Morgan fingerprint density at radius 2 is 2.25 bits per heavy atom. The van der Waals surface area contributed by atoms with Crippen LogP contribution in [0.4, 0.5) is 5.69 Å². The van der Waals surface area contributed by atoms with E-state index in [4.69, 9.17) is 5.73 Å². The fourth-order valence-corrected chi connectivity index (χ4v) is 3.57. The molecule has 1 amide bonds. The lowest BCUT2D eigenvalue weighted by Gasteiger charge is -2.17. The van der Waals surface area contributed by atoms with Crippen molar-refractivity contribution in [2.75, 3.05) is 19.3 Å². The third kappa shape index (κ3) is 3.13. The number of aliphatic hydroxyl groups is 1. The number of amides is 1. The van der Waals surface area contributed by atoms with Crippen LogP contribution in [0.1, 0.15) is 23.0 Å². The van der Waals surface area contributed by atoms with Crippen molar-refractivity contribution in [2.45, 2.75) is 19.4 Å². The summed E-state index contributed by atoms with van der Waals surface area (Å²) in [6, 6.07) is 5.79. The summed E-state index contributed by atoms with van der Waals surface area (Å²) in [7, 11) is 1.73. The predicted octanol–water partition coefficient (Wildman–Crippen LogP) is 3.09. The molecule has 0 saturated heterocycles. The average Bonchev–Trinajstić information content (AvgIpc) is 2.71. The number of nitrogens with zero attached hydrogens (tertiary/aromatic N) is 1. The predicted molar refractivity (Wildman–Crippen MR) is 87.2 cm³/mol. The molecule has 0 aliphatic heterocycles. The highest BCUT2D eigenvalue weighted by Gasteiger charge is 2.19. The highest BCUT2D eigenvalue weighted by atomic mass is 79.9. The first-order chi connectivity index (χ1) is 9.40. The molecule has 2 rings (SSSR count). The number of carbonyl (C=O) groups excluding carboxylic acids is 1. The van der Waals surface area contributed by atoms with Gasteiger partial charge in [-0.3, -0.25) is 4.79 Å². The summed E-state index contributed by atoms with van der Waals surface area (Å²) in [4.78, 5) is 14.6. The minimum absolute atomic E-state index is 0.0968. The number of anilines is 1. The lowest BCUT2D eigenvalue weighted by atomic mass is 10.2. The van der Waals surface area contributed by atoms with Gasteiger partial charge in [0, 0.05) is 28.2 Å². The summed E-state index contributed by atoms with van der Waals surface area (Å²) >= 11 is 4.82. The standard InChI is InChI=1S/C14H17BrN2O2S/c1-8(18)5-6-17(2)14(19)13-12(16)10-4-3-9(15)7-11(10)20-13/h3-4,7-8,18H,5-6,16H2,1-2H3. The molecular weight excluding hydrogens is 340 g/mol. The Hall–Kier alpha value is -1.11. The number of carbonyl (C=O) groups is 1. The van der Waals surface area contributed by atoms with Gasteiger partial charge in [-0.15, -0.1) is 11.3 Å². The Kier molecular flexibility index (Phi) is 4.67. The van der Waals surface area contributed by atoms with E-state index >= 15 is 0 Å². The van der Waals surface area contributed by atoms with Crippen LogP contribution in [-0.4, -0.2) is 35.6 Å². The van der Waals surface area contributed by atoms with Gasteiger partial charge in [-0.2, -0.15) is 0 Å². The molecule has 1 atom stereocenters. The van der Waals surface area contributed by atoms with Crippen LogP contribution in [0, 0.1) is 0 Å². The van der Waals surface area contributed by atoms with E-state index in [-0.39, 0.29) is 5.91 Å². The molecule has 1 aromatic carbocycles. The van der Waals surface area contributed by atoms with Crippen LogP contribution < -0.4 is 5.73 Å². The van der Waals surface area contributed by atoms with E-state index in [1.807, 2.05) is 18.2 Å². The van der Waals surface area contributed by atoms with Gasteiger partial charge in [-0.25, -0.2) is 0 Å². The number of benzene rings is 1. The van der Waals surface area contributed by atoms with Crippen molar-refractivity contribution in [1.29, 1.82) is 0 Å².